The van der Waals surface area contributed by atoms with Crippen LogP contribution in [0.2, 0.25) is 0 Å². The van der Waals surface area contributed by atoms with E-state index in [1.54, 1.807) is 0 Å². The van der Waals surface area contributed by atoms with Crippen LogP contribution in [-0.2, 0) is 0 Å². The summed E-state index contributed by atoms with van der Waals surface area (Å²) < 4.78 is 30.6. The Balaban J connectivity index is 1.87. The zero-order valence-electron chi connectivity index (χ0n) is 9.69. The van der Waals surface area contributed by atoms with Gasteiger partial charge in [0.25, 0.3) is 5.91 Å². The second kappa shape index (κ2) is 4.65. The molecule has 1 aliphatic carbocycles. The fourth-order valence-electron chi connectivity index (χ4n) is 1.77. The highest BCUT2D eigenvalue weighted by atomic mass is 32.1. The lowest BCUT2D eigenvalue weighted by Crippen LogP contribution is -2.14. The summed E-state index contributed by atoms with van der Waals surface area (Å²) in [5.74, 6) is -1.93. The van der Waals surface area contributed by atoms with Gasteiger partial charge in [0.1, 0.15) is 22.2 Å². The number of carbonyl (C=O) groups is 1. The van der Waals surface area contributed by atoms with Gasteiger partial charge < -0.3 is 5.32 Å². The summed E-state index contributed by atoms with van der Waals surface area (Å²) in [5.41, 5.74) is 0.182. The first-order valence-corrected chi connectivity index (χ1v) is 6.51. The monoisotopic (exact) mass is 281 g/mol. The minimum Gasteiger partial charge on any atom is -0.316 e. The van der Waals surface area contributed by atoms with Crippen molar-refractivity contribution in [1.82, 2.24) is 9.59 Å². The van der Waals surface area contributed by atoms with Gasteiger partial charge in [0, 0.05) is 5.92 Å². The molecule has 1 heterocycles. The van der Waals surface area contributed by atoms with Crippen LogP contribution in [0.4, 0.5) is 14.5 Å². The Kier molecular flexibility index (Phi) is 2.98. The van der Waals surface area contributed by atoms with E-state index < -0.39 is 23.2 Å². The van der Waals surface area contributed by atoms with Crippen molar-refractivity contribution in [2.75, 3.05) is 5.32 Å². The Bertz CT molecular complexity index is 619. The van der Waals surface area contributed by atoms with Crippen molar-refractivity contribution in [3.63, 3.8) is 0 Å². The lowest BCUT2D eigenvalue weighted by molar-refractivity contribution is 0.102. The molecule has 1 aromatic carbocycles. The average molecular weight is 281 g/mol. The number of nitrogens with one attached hydrogen (secondary N) is 1. The molecular weight excluding hydrogens is 272 g/mol. The number of rotatable bonds is 3. The molecule has 0 unspecified atom stereocenters. The number of carbonyl (C=O) groups excluding carboxylic acids is 1. The molecule has 2 aromatic rings. The van der Waals surface area contributed by atoms with Crippen molar-refractivity contribution in [2.24, 2.45) is 0 Å². The van der Waals surface area contributed by atoms with Crippen LogP contribution in [0.3, 0.4) is 0 Å². The van der Waals surface area contributed by atoms with Gasteiger partial charge in [-0.05, 0) is 36.5 Å². The summed E-state index contributed by atoms with van der Waals surface area (Å²) in [5, 5.41) is 6.15. The maximum absolute atomic E-state index is 13.4. The molecule has 3 rings (SSSR count). The van der Waals surface area contributed by atoms with Crippen LogP contribution in [0, 0.1) is 11.6 Å². The Morgan fingerprint density at radius 1 is 1.32 bits per heavy atom. The van der Waals surface area contributed by atoms with E-state index >= 15 is 0 Å². The average Bonchev–Trinajstić information content (AvgIpc) is 3.11. The van der Waals surface area contributed by atoms with Gasteiger partial charge in [-0.2, -0.15) is 0 Å². The lowest BCUT2D eigenvalue weighted by Gasteiger charge is -2.06. The SMILES string of the molecule is O=C(Nc1c(F)cccc1F)c1snnc1C1CC1. The van der Waals surface area contributed by atoms with E-state index in [9.17, 15) is 13.6 Å². The van der Waals surface area contributed by atoms with Crippen molar-refractivity contribution in [1.29, 1.82) is 0 Å². The first-order valence-electron chi connectivity index (χ1n) is 5.74. The summed E-state index contributed by atoms with van der Waals surface area (Å²) >= 11 is 0.939. The molecule has 0 spiro atoms. The van der Waals surface area contributed by atoms with E-state index in [2.05, 4.69) is 14.9 Å². The van der Waals surface area contributed by atoms with Crippen molar-refractivity contribution in [3.8, 4) is 0 Å². The third-order valence-corrected chi connectivity index (χ3v) is 3.63. The minimum absolute atomic E-state index is 0.255. The summed E-state index contributed by atoms with van der Waals surface area (Å²) in [6.45, 7) is 0. The van der Waals surface area contributed by atoms with Crippen LogP contribution in [0.25, 0.3) is 0 Å². The van der Waals surface area contributed by atoms with E-state index in [-0.39, 0.29) is 5.92 Å². The predicted molar refractivity (Wildman–Crippen MR) is 66.2 cm³/mol. The van der Waals surface area contributed by atoms with Gasteiger partial charge in [0.2, 0.25) is 0 Å². The summed E-state index contributed by atoms with van der Waals surface area (Å²) in [6.07, 6.45) is 1.94. The molecule has 1 aliphatic rings. The molecule has 0 radical (unpaired) electrons. The normalized spacial score (nSPS) is 14.4. The smallest absolute Gasteiger partial charge is 0.269 e. The van der Waals surface area contributed by atoms with Crippen LogP contribution >= 0.6 is 11.5 Å². The van der Waals surface area contributed by atoms with Crippen LogP contribution in [0.1, 0.15) is 34.1 Å². The highest BCUT2D eigenvalue weighted by Crippen LogP contribution is 2.41. The molecule has 4 nitrogen and oxygen atoms in total. The van der Waals surface area contributed by atoms with Crippen molar-refractivity contribution in [3.05, 3.63) is 40.4 Å². The second-order valence-corrected chi connectivity index (χ2v) is 5.07. The predicted octanol–water partition coefficient (Wildman–Crippen LogP) is 2.95. The molecule has 98 valence electrons. The lowest BCUT2D eigenvalue weighted by atomic mass is 10.2. The number of aromatic nitrogens is 2. The van der Waals surface area contributed by atoms with Gasteiger partial charge >= 0.3 is 0 Å². The number of halogens is 2. The zero-order chi connectivity index (χ0) is 13.4. The van der Waals surface area contributed by atoms with E-state index in [1.807, 2.05) is 0 Å². The second-order valence-electron chi connectivity index (χ2n) is 4.31. The van der Waals surface area contributed by atoms with Gasteiger partial charge in [0.15, 0.2) is 0 Å². The van der Waals surface area contributed by atoms with Crippen molar-refractivity contribution < 1.29 is 13.6 Å². The molecule has 7 heteroatoms. The van der Waals surface area contributed by atoms with Crippen molar-refractivity contribution >= 4 is 23.1 Å². The van der Waals surface area contributed by atoms with Gasteiger partial charge in [-0.1, -0.05) is 10.6 Å². The fraction of sp³-hybridized carbons (Fsp3) is 0.250. The van der Waals surface area contributed by atoms with Crippen LogP contribution in [0.5, 0.6) is 0 Å². The maximum Gasteiger partial charge on any atom is 0.269 e. The van der Waals surface area contributed by atoms with Gasteiger partial charge in [-0.15, -0.1) is 5.10 Å². The maximum atomic E-state index is 13.4. The molecule has 19 heavy (non-hydrogen) atoms. The molecule has 0 saturated heterocycles. The number of anilines is 1. The Hall–Kier alpha value is -1.89. The highest BCUT2D eigenvalue weighted by molar-refractivity contribution is 7.08. The van der Waals surface area contributed by atoms with E-state index in [1.165, 1.54) is 6.07 Å². The van der Waals surface area contributed by atoms with E-state index in [4.69, 9.17) is 0 Å². The first kappa shape index (κ1) is 12.2. The molecule has 0 bridgehead atoms. The number of benzene rings is 1. The van der Waals surface area contributed by atoms with Crippen LogP contribution in [-0.4, -0.2) is 15.5 Å². The molecule has 1 aromatic heterocycles. The molecule has 1 saturated carbocycles. The molecule has 1 N–H and O–H groups in total. The molecule has 0 atom stereocenters. The molecule has 1 amide bonds. The number of para-hydroxylation sites is 1. The number of amides is 1. The molecule has 1 fully saturated rings. The third-order valence-electron chi connectivity index (χ3n) is 2.88. The molecular formula is C12H9F2N3OS. The number of hydrogen-bond acceptors (Lipinski definition) is 4. The van der Waals surface area contributed by atoms with Gasteiger partial charge in [0.05, 0.1) is 5.69 Å². The fourth-order valence-corrected chi connectivity index (χ4v) is 2.41. The summed E-state index contributed by atoms with van der Waals surface area (Å²) in [6, 6.07) is 3.42. The number of hydrogen-bond donors (Lipinski definition) is 1. The van der Waals surface area contributed by atoms with Gasteiger partial charge in [-0.25, -0.2) is 8.78 Å². The standard InChI is InChI=1S/C12H9F2N3OS/c13-7-2-1-3-8(14)10(7)15-12(18)11-9(6-4-5-6)16-17-19-11/h1-3,6H,4-5H2,(H,15,18). The zero-order valence-corrected chi connectivity index (χ0v) is 10.5. The highest BCUT2D eigenvalue weighted by Gasteiger charge is 2.32. The van der Waals surface area contributed by atoms with Crippen LogP contribution < -0.4 is 5.32 Å². The van der Waals surface area contributed by atoms with E-state index in [0.717, 1.165) is 36.5 Å². The van der Waals surface area contributed by atoms with Crippen LogP contribution in [0.15, 0.2) is 18.2 Å². The third kappa shape index (κ3) is 2.33. The number of nitrogens with zero attached hydrogens (tertiary/aromatic N) is 2. The quantitative estimate of drug-likeness (QED) is 0.941. The van der Waals surface area contributed by atoms with E-state index in [0.29, 0.717) is 10.6 Å². The minimum atomic E-state index is -0.807. The Morgan fingerprint density at radius 3 is 2.63 bits per heavy atom. The molecule has 0 aliphatic heterocycles. The largest absolute Gasteiger partial charge is 0.316 e. The van der Waals surface area contributed by atoms with Gasteiger partial charge in [-0.3, -0.25) is 4.79 Å². The Morgan fingerprint density at radius 2 is 2.00 bits per heavy atom. The Labute approximate surface area is 111 Å². The topological polar surface area (TPSA) is 54.9 Å². The van der Waals surface area contributed by atoms with Crippen molar-refractivity contribution in [2.45, 2.75) is 18.8 Å². The summed E-state index contributed by atoms with van der Waals surface area (Å²) in [4.78, 5) is 12.3. The first-order chi connectivity index (χ1) is 9.16. The summed E-state index contributed by atoms with van der Waals surface area (Å²) in [7, 11) is 0.